The Hall–Kier alpha value is -2.36. The van der Waals surface area contributed by atoms with Crippen LogP contribution in [-0.2, 0) is 0 Å². The summed E-state index contributed by atoms with van der Waals surface area (Å²) in [6.07, 6.45) is 1.70. The molecule has 0 aliphatic rings. The van der Waals surface area contributed by atoms with E-state index in [0.29, 0.717) is 11.6 Å². The van der Waals surface area contributed by atoms with E-state index in [-0.39, 0.29) is 11.9 Å². The molecule has 0 fully saturated rings. The molecule has 0 atom stereocenters. The quantitative estimate of drug-likeness (QED) is 0.860. The first kappa shape index (κ1) is 17.0. The molecule has 122 valence electrons. The highest BCUT2D eigenvalue weighted by molar-refractivity contribution is 5.92. The third-order valence-electron chi connectivity index (χ3n) is 3.61. The number of amides is 1. The van der Waals surface area contributed by atoms with E-state index in [1.54, 1.807) is 12.3 Å². The summed E-state index contributed by atoms with van der Waals surface area (Å²) in [5, 5.41) is 6.27. The number of carbonyl (C=O) groups excluding carboxylic acids is 1. The van der Waals surface area contributed by atoms with Crippen LogP contribution in [0.1, 0.15) is 55.2 Å². The van der Waals surface area contributed by atoms with E-state index < -0.39 is 0 Å². The maximum Gasteiger partial charge on any atom is 0.270 e. The molecular weight excluding hydrogens is 286 g/mol. The summed E-state index contributed by atoms with van der Waals surface area (Å²) in [6, 6.07) is 10.0. The van der Waals surface area contributed by atoms with Crippen molar-refractivity contribution in [3.63, 3.8) is 0 Å². The zero-order valence-electron chi connectivity index (χ0n) is 14.5. The lowest BCUT2D eigenvalue weighted by Gasteiger charge is -2.17. The standard InChI is InChI=1S/C19H25N3O/c1-12(2)16-8-6-7-14(5)18(16)22-15-9-10-17(20-11-15)19(23)21-13(3)4/h6-13,22H,1-5H3,(H,21,23). The van der Waals surface area contributed by atoms with Crippen LogP contribution in [0.3, 0.4) is 0 Å². The molecule has 4 nitrogen and oxygen atoms in total. The van der Waals surface area contributed by atoms with Crippen LogP contribution in [0, 0.1) is 6.92 Å². The van der Waals surface area contributed by atoms with Gasteiger partial charge in [-0.2, -0.15) is 0 Å². The van der Waals surface area contributed by atoms with Gasteiger partial charge in [0.1, 0.15) is 5.69 Å². The smallest absolute Gasteiger partial charge is 0.270 e. The van der Waals surface area contributed by atoms with E-state index in [4.69, 9.17) is 0 Å². The minimum atomic E-state index is -0.148. The lowest BCUT2D eigenvalue weighted by molar-refractivity contribution is 0.0938. The van der Waals surface area contributed by atoms with Gasteiger partial charge in [-0.05, 0) is 49.9 Å². The molecule has 2 aromatic rings. The summed E-state index contributed by atoms with van der Waals surface area (Å²) < 4.78 is 0. The fourth-order valence-corrected chi connectivity index (χ4v) is 2.42. The molecule has 0 bridgehead atoms. The van der Waals surface area contributed by atoms with Crippen molar-refractivity contribution in [2.45, 2.75) is 46.6 Å². The molecule has 2 N–H and O–H groups in total. The third kappa shape index (κ3) is 4.31. The predicted octanol–water partition coefficient (Wildman–Crippen LogP) is 4.40. The second kappa shape index (κ2) is 7.27. The summed E-state index contributed by atoms with van der Waals surface area (Å²) in [5.74, 6) is 0.284. The zero-order chi connectivity index (χ0) is 17.0. The molecule has 0 spiro atoms. The maximum atomic E-state index is 11.9. The van der Waals surface area contributed by atoms with Gasteiger partial charge >= 0.3 is 0 Å². The predicted molar refractivity (Wildman–Crippen MR) is 95.4 cm³/mol. The van der Waals surface area contributed by atoms with Crippen LogP contribution in [0.4, 0.5) is 11.4 Å². The zero-order valence-corrected chi connectivity index (χ0v) is 14.5. The summed E-state index contributed by atoms with van der Waals surface area (Å²) in [6.45, 7) is 10.3. The molecule has 1 heterocycles. The van der Waals surface area contributed by atoms with Crippen LogP contribution in [0.2, 0.25) is 0 Å². The van der Waals surface area contributed by atoms with Crippen LogP contribution in [0.15, 0.2) is 36.5 Å². The average Bonchev–Trinajstić information content (AvgIpc) is 2.49. The second-order valence-corrected chi connectivity index (χ2v) is 6.38. The molecule has 2 rings (SSSR count). The molecule has 4 heteroatoms. The second-order valence-electron chi connectivity index (χ2n) is 6.38. The lowest BCUT2D eigenvalue weighted by Crippen LogP contribution is -2.30. The molecule has 1 aromatic carbocycles. The Morgan fingerprint density at radius 3 is 2.39 bits per heavy atom. The van der Waals surface area contributed by atoms with E-state index in [2.05, 4.69) is 54.6 Å². The van der Waals surface area contributed by atoms with Gasteiger partial charge in [0.25, 0.3) is 5.91 Å². The molecular formula is C19H25N3O. The molecule has 0 radical (unpaired) electrons. The first-order valence-electron chi connectivity index (χ1n) is 8.02. The van der Waals surface area contributed by atoms with Crippen molar-refractivity contribution in [3.05, 3.63) is 53.3 Å². The Morgan fingerprint density at radius 1 is 1.09 bits per heavy atom. The van der Waals surface area contributed by atoms with Gasteiger partial charge in [-0.3, -0.25) is 4.79 Å². The lowest BCUT2D eigenvalue weighted by atomic mass is 9.98. The minimum Gasteiger partial charge on any atom is -0.354 e. The maximum absolute atomic E-state index is 11.9. The van der Waals surface area contributed by atoms with Gasteiger partial charge in [-0.25, -0.2) is 4.98 Å². The number of benzene rings is 1. The van der Waals surface area contributed by atoms with Gasteiger partial charge in [-0.1, -0.05) is 32.0 Å². The number of anilines is 2. The summed E-state index contributed by atoms with van der Waals surface area (Å²) in [7, 11) is 0. The van der Waals surface area contributed by atoms with Gasteiger partial charge in [0.2, 0.25) is 0 Å². The van der Waals surface area contributed by atoms with Gasteiger partial charge < -0.3 is 10.6 Å². The molecule has 1 aromatic heterocycles. The molecule has 0 aliphatic carbocycles. The highest BCUT2D eigenvalue weighted by Crippen LogP contribution is 2.29. The van der Waals surface area contributed by atoms with Crippen LogP contribution in [-0.4, -0.2) is 16.9 Å². The van der Waals surface area contributed by atoms with E-state index in [1.165, 1.54) is 11.1 Å². The third-order valence-corrected chi connectivity index (χ3v) is 3.61. The Bertz CT molecular complexity index is 676. The van der Waals surface area contributed by atoms with Gasteiger partial charge in [-0.15, -0.1) is 0 Å². The van der Waals surface area contributed by atoms with Crippen molar-refractivity contribution in [1.29, 1.82) is 0 Å². The Morgan fingerprint density at radius 2 is 1.83 bits per heavy atom. The Balaban J connectivity index is 2.21. The Kier molecular flexibility index (Phi) is 5.37. The Labute approximate surface area is 138 Å². The molecule has 0 unspecified atom stereocenters. The van der Waals surface area contributed by atoms with Crippen molar-refractivity contribution >= 4 is 17.3 Å². The molecule has 0 saturated carbocycles. The number of para-hydroxylation sites is 1. The van der Waals surface area contributed by atoms with Crippen molar-refractivity contribution in [2.24, 2.45) is 0 Å². The number of nitrogens with zero attached hydrogens (tertiary/aromatic N) is 1. The monoisotopic (exact) mass is 311 g/mol. The van der Waals surface area contributed by atoms with Gasteiger partial charge in [0.05, 0.1) is 11.9 Å². The van der Waals surface area contributed by atoms with Crippen LogP contribution >= 0.6 is 0 Å². The van der Waals surface area contributed by atoms with Crippen molar-refractivity contribution < 1.29 is 4.79 Å². The van der Waals surface area contributed by atoms with Crippen molar-refractivity contribution in [2.75, 3.05) is 5.32 Å². The minimum absolute atomic E-state index is 0.0997. The summed E-state index contributed by atoms with van der Waals surface area (Å²) in [5.41, 5.74) is 4.88. The average molecular weight is 311 g/mol. The fraction of sp³-hybridized carbons (Fsp3) is 0.368. The normalized spacial score (nSPS) is 10.9. The summed E-state index contributed by atoms with van der Waals surface area (Å²) in [4.78, 5) is 16.2. The van der Waals surface area contributed by atoms with Crippen molar-refractivity contribution in [3.8, 4) is 0 Å². The number of aryl methyl sites for hydroxylation is 1. The highest BCUT2D eigenvalue weighted by Gasteiger charge is 2.11. The molecule has 0 saturated heterocycles. The number of hydrogen-bond donors (Lipinski definition) is 2. The van der Waals surface area contributed by atoms with Gasteiger partial charge in [0.15, 0.2) is 0 Å². The SMILES string of the molecule is Cc1cccc(C(C)C)c1Nc1ccc(C(=O)NC(C)C)nc1. The number of nitrogens with one attached hydrogen (secondary N) is 2. The summed E-state index contributed by atoms with van der Waals surface area (Å²) >= 11 is 0. The number of aromatic nitrogens is 1. The van der Waals surface area contributed by atoms with Crippen LogP contribution < -0.4 is 10.6 Å². The first-order valence-corrected chi connectivity index (χ1v) is 8.02. The van der Waals surface area contributed by atoms with E-state index in [0.717, 1.165) is 11.4 Å². The molecule has 1 amide bonds. The van der Waals surface area contributed by atoms with E-state index >= 15 is 0 Å². The first-order chi connectivity index (χ1) is 10.9. The largest absolute Gasteiger partial charge is 0.354 e. The van der Waals surface area contributed by atoms with E-state index in [1.807, 2.05) is 19.9 Å². The van der Waals surface area contributed by atoms with E-state index in [9.17, 15) is 4.79 Å². The van der Waals surface area contributed by atoms with Crippen LogP contribution in [0.25, 0.3) is 0 Å². The number of carbonyl (C=O) groups is 1. The number of hydrogen-bond acceptors (Lipinski definition) is 3. The number of pyridine rings is 1. The molecule has 0 aliphatic heterocycles. The number of rotatable bonds is 5. The highest BCUT2D eigenvalue weighted by atomic mass is 16.1. The molecule has 23 heavy (non-hydrogen) atoms. The van der Waals surface area contributed by atoms with Crippen molar-refractivity contribution in [1.82, 2.24) is 10.3 Å². The fourth-order valence-electron chi connectivity index (χ4n) is 2.42. The van der Waals surface area contributed by atoms with Crippen LogP contribution in [0.5, 0.6) is 0 Å². The topological polar surface area (TPSA) is 54.0 Å². The van der Waals surface area contributed by atoms with Gasteiger partial charge in [0, 0.05) is 11.7 Å².